The van der Waals surface area contributed by atoms with Crippen molar-refractivity contribution in [1.29, 1.82) is 0 Å². The standard InChI is InChI=1S/C25H33ClO9/c1-12-3-4-14(7-17(12)32-22-21(30)20(29)19(28)18(11-27)33-22)25(31-2)24(34-35-25)15-5-13-6-16(24)10-23(26,8-13)9-15/h3-4,7,13,15-16,18-22,27-30H,5-6,8-11H2,1-2H3/t13?,15?,16?,18-,19-,20+,21-,22-,23?,24?,25?/m1/s1. The van der Waals surface area contributed by atoms with E-state index >= 15 is 0 Å². The van der Waals surface area contributed by atoms with Crippen LogP contribution < -0.4 is 4.74 Å². The van der Waals surface area contributed by atoms with Crippen molar-refractivity contribution < 1.29 is 44.4 Å². The minimum Gasteiger partial charge on any atom is -0.462 e. The molecule has 0 radical (unpaired) electrons. The first-order valence-electron chi connectivity index (χ1n) is 12.4. The van der Waals surface area contributed by atoms with Crippen LogP contribution in [0.15, 0.2) is 18.2 Å². The summed E-state index contributed by atoms with van der Waals surface area (Å²) in [4.78, 5) is 11.7. The van der Waals surface area contributed by atoms with Gasteiger partial charge in [0.1, 0.15) is 30.2 Å². The summed E-state index contributed by atoms with van der Waals surface area (Å²) in [6.45, 7) is 1.31. The normalized spacial score (nSPS) is 50.4. The predicted molar refractivity (Wildman–Crippen MR) is 121 cm³/mol. The van der Waals surface area contributed by atoms with Crippen molar-refractivity contribution in [3.8, 4) is 5.75 Å². The molecule has 7 rings (SSSR count). The monoisotopic (exact) mass is 512 g/mol. The van der Waals surface area contributed by atoms with Crippen LogP contribution >= 0.6 is 11.6 Å². The molecule has 4 bridgehead atoms. The third-order valence-corrected chi connectivity index (χ3v) is 9.55. The lowest BCUT2D eigenvalue weighted by atomic mass is 9.46. The van der Waals surface area contributed by atoms with E-state index in [2.05, 4.69) is 0 Å². The molecule has 35 heavy (non-hydrogen) atoms. The molecule has 6 aliphatic rings. The highest BCUT2D eigenvalue weighted by molar-refractivity contribution is 6.24. The Labute approximate surface area is 208 Å². The second-order valence-corrected chi connectivity index (χ2v) is 11.9. The van der Waals surface area contributed by atoms with Gasteiger partial charge in [-0.05, 0) is 68.4 Å². The number of aliphatic hydroxyl groups is 4. The fraction of sp³-hybridized carbons (Fsp3) is 0.760. The van der Waals surface area contributed by atoms with Crippen LogP contribution in [0.3, 0.4) is 0 Å². The van der Waals surface area contributed by atoms with Gasteiger partial charge in [-0.25, -0.2) is 4.89 Å². The fourth-order valence-electron chi connectivity index (χ4n) is 7.57. The molecule has 4 aliphatic carbocycles. The summed E-state index contributed by atoms with van der Waals surface area (Å²) in [5, 5.41) is 40.2. The van der Waals surface area contributed by atoms with Crippen LogP contribution in [0.25, 0.3) is 0 Å². The number of rotatable bonds is 5. The van der Waals surface area contributed by atoms with E-state index in [1.165, 1.54) is 0 Å². The summed E-state index contributed by atoms with van der Waals surface area (Å²) in [5.41, 5.74) is 0.829. The van der Waals surface area contributed by atoms with Crippen molar-refractivity contribution >= 4 is 11.6 Å². The first kappa shape index (κ1) is 24.3. The number of hydrogen-bond donors (Lipinski definition) is 4. The van der Waals surface area contributed by atoms with Crippen LogP contribution in [-0.2, 0) is 25.0 Å². The van der Waals surface area contributed by atoms with Gasteiger partial charge in [0.25, 0.3) is 5.79 Å². The number of benzene rings is 1. The zero-order chi connectivity index (χ0) is 24.8. The van der Waals surface area contributed by atoms with Crippen LogP contribution in [0, 0.1) is 24.7 Å². The molecule has 2 aliphatic heterocycles. The van der Waals surface area contributed by atoms with Gasteiger partial charge in [-0.2, -0.15) is 4.89 Å². The second-order valence-electron chi connectivity index (χ2n) is 11.1. The number of methoxy groups -OCH3 is 1. The van der Waals surface area contributed by atoms with Gasteiger partial charge in [0.15, 0.2) is 5.60 Å². The number of hydrogen-bond acceptors (Lipinski definition) is 9. The zero-order valence-electron chi connectivity index (χ0n) is 19.8. The molecule has 3 unspecified atom stereocenters. The Kier molecular flexibility index (Phi) is 5.73. The number of aryl methyl sites for hydroxylation is 1. The lowest BCUT2D eigenvalue weighted by Gasteiger charge is -2.70. The lowest BCUT2D eigenvalue weighted by molar-refractivity contribution is -0.645. The van der Waals surface area contributed by atoms with Crippen LogP contribution in [0.4, 0.5) is 0 Å². The number of aliphatic hydroxyl groups excluding tert-OH is 4. The van der Waals surface area contributed by atoms with E-state index in [0.29, 0.717) is 17.2 Å². The minimum atomic E-state index is -1.53. The Morgan fingerprint density at radius 2 is 1.74 bits per heavy atom. The Morgan fingerprint density at radius 1 is 1.03 bits per heavy atom. The van der Waals surface area contributed by atoms with Crippen LogP contribution in [0.5, 0.6) is 5.75 Å². The summed E-state index contributed by atoms with van der Waals surface area (Å²) < 4.78 is 17.6. The van der Waals surface area contributed by atoms with E-state index in [4.69, 9.17) is 35.6 Å². The van der Waals surface area contributed by atoms with Crippen molar-refractivity contribution in [2.24, 2.45) is 17.8 Å². The van der Waals surface area contributed by atoms with Gasteiger partial charge >= 0.3 is 0 Å². The highest BCUT2D eigenvalue weighted by Gasteiger charge is 2.78. The summed E-state index contributed by atoms with van der Waals surface area (Å²) >= 11 is 6.98. The molecule has 1 spiro atoms. The van der Waals surface area contributed by atoms with Crippen molar-refractivity contribution in [1.82, 2.24) is 0 Å². The maximum absolute atomic E-state index is 10.4. The molecule has 6 fully saturated rings. The Hall–Kier alpha value is -1.01. The average Bonchev–Trinajstić information content (AvgIpc) is 2.80. The van der Waals surface area contributed by atoms with Crippen LogP contribution in [0.1, 0.15) is 43.2 Å². The molecule has 1 aromatic rings. The highest BCUT2D eigenvalue weighted by Crippen LogP contribution is 2.71. The topological polar surface area (TPSA) is 127 Å². The summed E-state index contributed by atoms with van der Waals surface area (Å²) in [6, 6.07) is 5.57. The molecular formula is C25H33ClO9. The molecule has 9 nitrogen and oxygen atoms in total. The van der Waals surface area contributed by atoms with E-state index in [9.17, 15) is 20.4 Å². The molecule has 194 valence electrons. The van der Waals surface area contributed by atoms with E-state index in [0.717, 1.165) is 37.7 Å². The summed E-state index contributed by atoms with van der Waals surface area (Å²) in [5.74, 6) is 0.264. The molecule has 4 N–H and O–H groups in total. The highest BCUT2D eigenvalue weighted by atomic mass is 35.5. The van der Waals surface area contributed by atoms with Gasteiger partial charge in [0, 0.05) is 17.5 Å². The van der Waals surface area contributed by atoms with E-state index < -0.39 is 48.7 Å². The smallest absolute Gasteiger partial charge is 0.260 e. The average molecular weight is 513 g/mol. The molecule has 1 aromatic carbocycles. The molecule has 2 heterocycles. The first-order chi connectivity index (χ1) is 16.7. The number of alkyl halides is 1. The molecular weight excluding hydrogens is 480 g/mol. The fourth-order valence-corrected chi connectivity index (χ4v) is 8.16. The zero-order valence-corrected chi connectivity index (χ0v) is 20.6. The molecule has 4 saturated carbocycles. The third-order valence-electron chi connectivity index (χ3n) is 9.09. The maximum atomic E-state index is 10.4. The molecule has 2 saturated heterocycles. The van der Waals surface area contributed by atoms with Crippen molar-refractivity contribution in [2.75, 3.05) is 13.7 Å². The van der Waals surface area contributed by atoms with Crippen molar-refractivity contribution in [3.05, 3.63) is 29.3 Å². The number of ether oxygens (including phenoxy) is 3. The van der Waals surface area contributed by atoms with E-state index in [1.807, 2.05) is 19.1 Å². The molecule has 0 amide bonds. The second kappa shape index (κ2) is 8.24. The van der Waals surface area contributed by atoms with Gasteiger partial charge in [0.2, 0.25) is 6.29 Å². The Bertz CT molecular complexity index is 968. The molecule has 8 atom stereocenters. The van der Waals surface area contributed by atoms with Crippen molar-refractivity contribution in [2.45, 2.75) is 86.0 Å². The largest absolute Gasteiger partial charge is 0.462 e. The molecule has 10 heteroatoms. The minimum absolute atomic E-state index is 0.176. The quantitative estimate of drug-likeness (QED) is 0.343. The van der Waals surface area contributed by atoms with E-state index in [-0.39, 0.29) is 16.7 Å². The maximum Gasteiger partial charge on any atom is 0.260 e. The third kappa shape index (κ3) is 3.30. The van der Waals surface area contributed by atoms with Gasteiger partial charge < -0.3 is 34.6 Å². The predicted octanol–water partition coefficient (Wildman–Crippen LogP) is 1.49. The van der Waals surface area contributed by atoms with Gasteiger partial charge in [-0.1, -0.05) is 12.1 Å². The lowest BCUT2D eigenvalue weighted by Crippen LogP contribution is -2.78. The van der Waals surface area contributed by atoms with Gasteiger partial charge in [-0.3, -0.25) is 0 Å². The van der Waals surface area contributed by atoms with Crippen molar-refractivity contribution in [3.63, 3.8) is 0 Å². The summed E-state index contributed by atoms with van der Waals surface area (Å²) in [6.07, 6.45) is -2.02. The van der Waals surface area contributed by atoms with Gasteiger partial charge in [-0.15, -0.1) is 11.6 Å². The van der Waals surface area contributed by atoms with E-state index in [1.54, 1.807) is 13.2 Å². The summed E-state index contributed by atoms with van der Waals surface area (Å²) in [7, 11) is 1.61. The Morgan fingerprint density at radius 3 is 2.31 bits per heavy atom. The first-order valence-corrected chi connectivity index (χ1v) is 12.7. The van der Waals surface area contributed by atoms with Crippen LogP contribution in [-0.4, -0.2) is 75.3 Å². The van der Waals surface area contributed by atoms with Crippen LogP contribution in [0.2, 0.25) is 0 Å². The van der Waals surface area contributed by atoms with Gasteiger partial charge in [0.05, 0.1) is 6.61 Å². The molecule has 0 aromatic heterocycles. The number of halogens is 1. The SMILES string of the molecule is COC1(c2ccc(C)c(O[C@@H]3O[C@H](CO)[C@@H](O)[C@H](O)[C@H]3O)c2)OOC12C1CC3CC2CC(Cl)(C3)C1. The Balaban J connectivity index is 1.32.